The van der Waals surface area contributed by atoms with Crippen LogP contribution >= 0.6 is 0 Å². The molecule has 0 saturated carbocycles. The van der Waals surface area contributed by atoms with Crippen LogP contribution in [0.15, 0.2) is 18.2 Å². The van der Waals surface area contributed by atoms with Crippen LogP contribution in [0.4, 0.5) is 0 Å². The molecule has 0 spiro atoms. The quantitative estimate of drug-likeness (QED) is 0.700. The Bertz CT molecular complexity index is 534. The van der Waals surface area contributed by atoms with Crippen molar-refractivity contribution in [2.45, 2.75) is 78.9 Å². The topological polar surface area (TPSA) is 18.5 Å². The summed E-state index contributed by atoms with van der Waals surface area (Å²) in [5.74, 6) is 4.01. The van der Waals surface area contributed by atoms with Gasteiger partial charge in [-0.1, -0.05) is 25.5 Å². The number of hydrogen-bond donors (Lipinski definition) is 0. The summed E-state index contributed by atoms with van der Waals surface area (Å²) < 4.78 is 11.6. The molecule has 1 aromatic rings. The fourth-order valence-corrected chi connectivity index (χ4v) is 1.94. The molecular formula is C20H30O2. The minimum absolute atomic E-state index is 0.245. The fraction of sp³-hybridized carbons (Fsp3) is 0.600. The predicted octanol–water partition coefficient (Wildman–Crippen LogP) is 5.33. The smallest absolute Gasteiger partial charge is 0.136 e. The number of rotatable bonds is 4. The van der Waals surface area contributed by atoms with Gasteiger partial charge < -0.3 is 9.47 Å². The molecule has 2 nitrogen and oxygen atoms in total. The summed E-state index contributed by atoms with van der Waals surface area (Å²) >= 11 is 0. The molecule has 122 valence electrons. The molecule has 0 amide bonds. The van der Waals surface area contributed by atoms with Gasteiger partial charge >= 0.3 is 0 Å². The number of unbranched alkanes of at least 4 members (excludes halogenated alkanes) is 1. The summed E-state index contributed by atoms with van der Waals surface area (Å²) in [5, 5.41) is 0. The largest absolute Gasteiger partial charge is 0.487 e. The lowest BCUT2D eigenvalue weighted by Gasteiger charge is -2.23. The zero-order valence-corrected chi connectivity index (χ0v) is 15.2. The first-order valence-corrected chi connectivity index (χ1v) is 8.12. The van der Waals surface area contributed by atoms with Crippen molar-refractivity contribution < 1.29 is 9.47 Å². The molecular weight excluding hydrogens is 272 g/mol. The molecule has 2 heteroatoms. The molecule has 0 aliphatic carbocycles. The minimum atomic E-state index is -0.267. The average molecular weight is 302 g/mol. The third kappa shape index (κ3) is 6.89. The lowest BCUT2D eigenvalue weighted by Crippen LogP contribution is -2.23. The fourth-order valence-electron chi connectivity index (χ4n) is 1.94. The van der Waals surface area contributed by atoms with Crippen molar-refractivity contribution in [1.29, 1.82) is 0 Å². The van der Waals surface area contributed by atoms with E-state index in [1.807, 2.05) is 32.9 Å². The first kappa shape index (κ1) is 18.4. The van der Waals surface area contributed by atoms with Crippen LogP contribution in [0, 0.1) is 12.0 Å². The minimum Gasteiger partial charge on any atom is -0.487 e. The van der Waals surface area contributed by atoms with E-state index in [9.17, 15) is 0 Å². The Morgan fingerprint density at radius 3 is 2.23 bits per heavy atom. The molecule has 0 atom stereocenters. The SMILES string of the molecule is CCCCc1cccc(OC(C)(C)C)c1C#COC(C)(C)C. The van der Waals surface area contributed by atoms with Gasteiger partial charge in [-0.05, 0) is 71.9 Å². The van der Waals surface area contributed by atoms with Crippen LogP contribution in [-0.2, 0) is 11.2 Å². The third-order valence-corrected chi connectivity index (χ3v) is 2.86. The second kappa shape index (κ2) is 7.58. The molecule has 1 aromatic carbocycles. The Balaban J connectivity index is 3.15. The molecule has 0 aromatic heterocycles. The van der Waals surface area contributed by atoms with Crippen molar-refractivity contribution >= 4 is 0 Å². The van der Waals surface area contributed by atoms with Crippen molar-refractivity contribution in [3.63, 3.8) is 0 Å². The highest BCUT2D eigenvalue weighted by Gasteiger charge is 2.16. The highest BCUT2D eigenvalue weighted by atomic mass is 16.5. The van der Waals surface area contributed by atoms with Gasteiger partial charge in [0.1, 0.15) is 23.1 Å². The molecule has 0 unspecified atom stereocenters. The van der Waals surface area contributed by atoms with Gasteiger partial charge in [-0.3, -0.25) is 0 Å². The van der Waals surface area contributed by atoms with Gasteiger partial charge in [-0.15, -0.1) is 0 Å². The Kier molecular flexibility index (Phi) is 6.35. The lowest BCUT2D eigenvalue weighted by atomic mass is 10.0. The highest BCUT2D eigenvalue weighted by molar-refractivity contribution is 5.51. The van der Waals surface area contributed by atoms with Crippen molar-refractivity contribution in [3.8, 4) is 17.8 Å². The first-order valence-electron chi connectivity index (χ1n) is 8.12. The van der Waals surface area contributed by atoms with Crippen LogP contribution in [-0.4, -0.2) is 11.2 Å². The third-order valence-electron chi connectivity index (χ3n) is 2.86. The van der Waals surface area contributed by atoms with E-state index in [0.29, 0.717) is 0 Å². The van der Waals surface area contributed by atoms with Gasteiger partial charge in [0.05, 0.1) is 5.56 Å². The second-order valence-electron chi connectivity index (χ2n) is 7.55. The van der Waals surface area contributed by atoms with Crippen LogP contribution < -0.4 is 4.74 Å². The Hall–Kier alpha value is -1.62. The molecule has 22 heavy (non-hydrogen) atoms. The average Bonchev–Trinajstić information content (AvgIpc) is 2.35. The molecule has 0 radical (unpaired) electrons. The first-order chi connectivity index (χ1) is 10.1. The Labute approximate surface area is 136 Å². The van der Waals surface area contributed by atoms with E-state index in [2.05, 4.69) is 45.8 Å². The van der Waals surface area contributed by atoms with Gasteiger partial charge in [0.2, 0.25) is 0 Å². The molecule has 0 aliphatic rings. The van der Waals surface area contributed by atoms with E-state index >= 15 is 0 Å². The maximum Gasteiger partial charge on any atom is 0.136 e. The molecule has 0 heterocycles. The van der Waals surface area contributed by atoms with Gasteiger partial charge in [-0.25, -0.2) is 0 Å². The summed E-state index contributed by atoms with van der Waals surface area (Å²) in [6.07, 6.45) is 6.17. The molecule has 1 rings (SSSR count). The van der Waals surface area contributed by atoms with Gasteiger partial charge in [0.25, 0.3) is 0 Å². The number of benzene rings is 1. The summed E-state index contributed by atoms with van der Waals surface area (Å²) in [4.78, 5) is 0. The summed E-state index contributed by atoms with van der Waals surface area (Å²) in [6.45, 7) is 14.3. The van der Waals surface area contributed by atoms with Gasteiger partial charge in [0, 0.05) is 0 Å². The lowest BCUT2D eigenvalue weighted by molar-refractivity contribution is 0.0962. The highest BCUT2D eigenvalue weighted by Crippen LogP contribution is 2.26. The molecule has 0 fully saturated rings. The number of ether oxygens (including phenoxy) is 2. The van der Waals surface area contributed by atoms with E-state index in [-0.39, 0.29) is 11.2 Å². The molecule has 0 aliphatic heterocycles. The van der Waals surface area contributed by atoms with Crippen molar-refractivity contribution in [2.75, 3.05) is 0 Å². The predicted molar refractivity (Wildman–Crippen MR) is 93.2 cm³/mol. The van der Waals surface area contributed by atoms with Crippen LogP contribution in [0.3, 0.4) is 0 Å². The monoisotopic (exact) mass is 302 g/mol. The zero-order chi connectivity index (χ0) is 16.8. The zero-order valence-electron chi connectivity index (χ0n) is 15.2. The van der Waals surface area contributed by atoms with E-state index in [4.69, 9.17) is 9.47 Å². The van der Waals surface area contributed by atoms with Crippen molar-refractivity contribution in [1.82, 2.24) is 0 Å². The molecule has 0 saturated heterocycles. The van der Waals surface area contributed by atoms with E-state index in [0.717, 1.165) is 30.6 Å². The standard InChI is InChI=1S/C20H30O2/c1-8-9-11-16-12-10-13-18(22-20(5,6)7)17(16)14-15-21-19(2,3)4/h10,12-13H,8-9,11H2,1-7H3. The van der Waals surface area contributed by atoms with Crippen LogP contribution in [0.5, 0.6) is 5.75 Å². The van der Waals surface area contributed by atoms with E-state index in [1.54, 1.807) is 0 Å². The van der Waals surface area contributed by atoms with Crippen LogP contribution in [0.2, 0.25) is 0 Å². The van der Waals surface area contributed by atoms with E-state index < -0.39 is 0 Å². The van der Waals surface area contributed by atoms with Crippen LogP contribution in [0.1, 0.15) is 72.4 Å². The molecule has 0 N–H and O–H groups in total. The maximum atomic E-state index is 6.08. The van der Waals surface area contributed by atoms with Crippen molar-refractivity contribution in [2.24, 2.45) is 0 Å². The van der Waals surface area contributed by atoms with Gasteiger partial charge in [-0.2, -0.15) is 0 Å². The van der Waals surface area contributed by atoms with Crippen LogP contribution in [0.25, 0.3) is 0 Å². The summed E-state index contributed by atoms with van der Waals surface area (Å²) in [5.41, 5.74) is 1.67. The summed E-state index contributed by atoms with van der Waals surface area (Å²) in [6, 6.07) is 6.16. The molecule has 0 bridgehead atoms. The normalized spacial score (nSPS) is 11.6. The second-order valence-corrected chi connectivity index (χ2v) is 7.55. The maximum absolute atomic E-state index is 6.08. The van der Waals surface area contributed by atoms with Gasteiger partial charge in [0.15, 0.2) is 0 Å². The summed E-state index contributed by atoms with van der Waals surface area (Å²) in [7, 11) is 0. The van der Waals surface area contributed by atoms with E-state index in [1.165, 1.54) is 5.56 Å². The number of aryl methyl sites for hydroxylation is 1. The Morgan fingerprint density at radius 2 is 1.68 bits per heavy atom. The Morgan fingerprint density at radius 1 is 1.00 bits per heavy atom. The van der Waals surface area contributed by atoms with Crippen molar-refractivity contribution in [3.05, 3.63) is 29.3 Å². The number of hydrogen-bond acceptors (Lipinski definition) is 2.